The van der Waals surface area contributed by atoms with E-state index in [0.717, 1.165) is 22.3 Å². The summed E-state index contributed by atoms with van der Waals surface area (Å²) < 4.78 is 18.1. The second kappa shape index (κ2) is 5.09. The second-order valence-corrected chi connectivity index (χ2v) is 5.44. The SMILES string of the molecule is c1ccc2c(c1)ncn2Cc1noc(-c2ccc3c(c2)OCO3)n1. The molecule has 1 aliphatic rings. The van der Waals surface area contributed by atoms with E-state index in [9.17, 15) is 0 Å². The molecule has 0 fully saturated rings. The Morgan fingerprint density at radius 3 is 2.96 bits per heavy atom. The summed E-state index contributed by atoms with van der Waals surface area (Å²) in [4.78, 5) is 8.83. The van der Waals surface area contributed by atoms with E-state index in [4.69, 9.17) is 14.0 Å². The van der Waals surface area contributed by atoms with Crippen LogP contribution in [0.4, 0.5) is 0 Å². The molecule has 2 aromatic heterocycles. The first-order valence-electron chi connectivity index (χ1n) is 7.49. The van der Waals surface area contributed by atoms with Crippen molar-refractivity contribution in [3.8, 4) is 23.0 Å². The molecule has 0 unspecified atom stereocenters. The summed E-state index contributed by atoms with van der Waals surface area (Å²) in [5.74, 6) is 2.45. The Morgan fingerprint density at radius 2 is 1.96 bits per heavy atom. The average molecular weight is 320 g/mol. The zero-order valence-electron chi connectivity index (χ0n) is 12.5. The largest absolute Gasteiger partial charge is 0.454 e. The number of hydrogen-bond donors (Lipinski definition) is 0. The third kappa shape index (κ3) is 2.10. The predicted molar refractivity (Wildman–Crippen MR) is 84.7 cm³/mol. The van der Waals surface area contributed by atoms with Crippen molar-refractivity contribution in [2.24, 2.45) is 0 Å². The average Bonchev–Trinajstić information content (AvgIpc) is 3.34. The summed E-state index contributed by atoms with van der Waals surface area (Å²) in [6.07, 6.45) is 1.78. The van der Waals surface area contributed by atoms with Crippen LogP contribution in [0.3, 0.4) is 0 Å². The molecule has 7 heteroatoms. The molecule has 0 saturated carbocycles. The van der Waals surface area contributed by atoms with E-state index >= 15 is 0 Å². The Balaban J connectivity index is 1.45. The van der Waals surface area contributed by atoms with Crippen LogP contribution in [0.5, 0.6) is 11.5 Å². The third-order valence-corrected chi connectivity index (χ3v) is 3.93. The van der Waals surface area contributed by atoms with Gasteiger partial charge in [-0.25, -0.2) is 4.98 Å². The van der Waals surface area contributed by atoms with E-state index in [0.29, 0.717) is 24.0 Å². The quantitative estimate of drug-likeness (QED) is 0.578. The molecule has 0 bridgehead atoms. The van der Waals surface area contributed by atoms with Crippen molar-refractivity contribution in [3.63, 3.8) is 0 Å². The summed E-state index contributed by atoms with van der Waals surface area (Å²) in [5, 5.41) is 4.06. The Hall–Kier alpha value is -3.35. The minimum Gasteiger partial charge on any atom is -0.454 e. The number of para-hydroxylation sites is 2. The summed E-state index contributed by atoms with van der Waals surface area (Å²) in [6, 6.07) is 13.5. The fourth-order valence-electron chi connectivity index (χ4n) is 2.75. The van der Waals surface area contributed by atoms with Gasteiger partial charge >= 0.3 is 0 Å². The van der Waals surface area contributed by atoms with Gasteiger partial charge in [0.1, 0.15) is 0 Å². The molecular formula is C17H12N4O3. The van der Waals surface area contributed by atoms with Crippen LogP contribution in [0.1, 0.15) is 5.82 Å². The number of hydrogen-bond acceptors (Lipinski definition) is 6. The van der Waals surface area contributed by atoms with Crippen LogP contribution < -0.4 is 9.47 Å². The van der Waals surface area contributed by atoms with Crippen molar-refractivity contribution in [1.29, 1.82) is 0 Å². The highest BCUT2D eigenvalue weighted by atomic mass is 16.7. The Morgan fingerprint density at radius 1 is 1.04 bits per heavy atom. The number of benzene rings is 2. The molecule has 3 heterocycles. The van der Waals surface area contributed by atoms with Crippen molar-refractivity contribution in [2.45, 2.75) is 6.54 Å². The van der Waals surface area contributed by atoms with Crippen molar-refractivity contribution >= 4 is 11.0 Å². The molecule has 0 radical (unpaired) electrons. The predicted octanol–water partition coefficient (Wildman–Crippen LogP) is 2.86. The lowest BCUT2D eigenvalue weighted by Gasteiger charge is -1.99. The fraction of sp³-hybridized carbons (Fsp3) is 0.118. The Labute approximate surface area is 136 Å². The number of fused-ring (bicyclic) bond motifs is 2. The lowest BCUT2D eigenvalue weighted by Crippen LogP contribution is -1.99. The van der Waals surface area contributed by atoms with Crippen LogP contribution >= 0.6 is 0 Å². The second-order valence-electron chi connectivity index (χ2n) is 5.44. The van der Waals surface area contributed by atoms with Crippen LogP contribution in [-0.2, 0) is 6.54 Å². The van der Waals surface area contributed by atoms with E-state index in [1.54, 1.807) is 6.33 Å². The van der Waals surface area contributed by atoms with Crippen molar-refractivity contribution < 1.29 is 14.0 Å². The van der Waals surface area contributed by atoms with E-state index in [-0.39, 0.29) is 6.79 Å². The molecule has 0 saturated heterocycles. The summed E-state index contributed by atoms with van der Waals surface area (Å²) in [5.41, 5.74) is 2.78. The maximum atomic E-state index is 5.38. The zero-order valence-corrected chi connectivity index (χ0v) is 12.5. The molecule has 2 aromatic carbocycles. The molecule has 0 spiro atoms. The van der Waals surface area contributed by atoms with Gasteiger partial charge in [0.2, 0.25) is 6.79 Å². The van der Waals surface area contributed by atoms with E-state index in [2.05, 4.69) is 15.1 Å². The number of rotatable bonds is 3. The minimum atomic E-state index is 0.238. The Bertz CT molecular complexity index is 1040. The topological polar surface area (TPSA) is 75.2 Å². The molecule has 4 aromatic rings. The molecular weight excluding hydrogens is 308 g/mol. The highest BCUT2D eigenvalue weighted by Gasteiger charge is 2.17. The van der Waals surface area contributed by atoms with Crippen LogP contribution in [0.2, 0.25) is 0 Å². The van der Waals surface area contributed by atoms with Crippen LogP contribution in [0.25, 0.3) is 22.5 Å². The van der Waals surface area contributed by atoms with Crippen LogP contribution in [-0.4, -0.2) is 26.5 Å². The van der Waals surface area contributed by atoms with Gasteiger partial charge < -0.3 is 18.6 Å². The smallest absolute Gasteiger partial charge is 0.258 e. The van der Waals surface area contributed by atoms with Gasteiger partial charge in [-0.05, 0) is 30.3 Å². The van der Waals surface area contributed by atoms with Crippen molar-refractivity contribution in [2.75, 3.05) is 6.79 Å². The maximum Gasteiger partial charge on any atom is 0.258 e. The lowest BCUT2D eigenvalue weighted by molar-refractivity contribution is 0.174. The van der Waals surface area contributed by atoms with Crippen LogP contribution in [0, 0.1) is 0 Å². The van der Waals surface area contributed by atoms with Gasteiger partial charge in [-0.15, -0.1) is 0 Å². The molecule has 0 amide bonds. The molecule has 1 aliphatic heterocycles. The van der Waals surface area contributed by atoms with E-state index < -0.39 is 0 Å². The number of aromatic nitrogens is 4. The molecule has 7 nitrogen and oxygen atoms in total. The molecule has 0 atom stereocenters. The fourth-order valence-corrected chi connectivity index (χ4v) is 2.75. The van der Waals surface area contributed by atoms with Gasteiger partial charge in [0.15, 0.2) is 17.3 Å². The van der Waals surface area contributed by atoms with Gasteiger partial charge in [-0.2, -0.15) is 4.98 Å². The van der Waals surface area contributed by atoms with Crippen molar-refractivity contribution in [1.82, 2.24) is 19.7 Å². The highest BCUT2D eigenvalue weighted by molar-refractivity contribution is 5.75. The summed E-state index contributed by atoms with van der Waals surface area (Å²) in [6.45, 7) is 0.732. The van der Waals surface area contributed by atoms with Gasteiger partial charge in [-0.3, -0.25) is 0 Å². The van der Waals surface area contributed by atoms with Crippen molar-refractivity contribution in [3.05, 3.63) is 54.6 Å². The van der Waals surface area contributed by atoms with Gasteiger partial charge in [-0.1, -0.05) is 17.3 Å². The maximum absolute atomic E-state index is 5.38. The van der Waals surface area contributed by atoms with Gasteiger partial charge in [0.25, 0.3) is 5.89 Å². The number of ether oxygens (including phenoxy) is 2. The van der Waals surface area contributed by atoms with E-state index in [1.165, 1.54) is 0 Å². The molecule has 0 N–H and O–H groups in total. The van der Waals surface area contributed by atoms with Gasteiger partial charge in [0.05, 0.1) is 23.9 Å². The Kier molecular flexibility index (Phi) is 2.78. The number of nitrogens with zero attached hydrogens (tertiary/aromatic N) is 4. The lowest BCUT2D eigenvalue weighted by atomic mass is 10.2. The molecule has 0 aliphatic carbocycles. The standard InChI is InChI=1S/C17H12N4O3/c1-2-4-13-12(3-1)18-9-21(13)8-16-19-17(24-20-16)11-5-6-14-15(7-11)23-10-22-14/h1-7,9H,8,10H2. The number of imidazole rings is 1. The normalized spacial score (nSPS) is 12.8. The molecule has 24 heavy (non-hydrogen) atoms. The zero-order chi connectivity index (χ0) is 15.9. The summed E-state index contributed by atoms with van der Waals surface area (Å²) in [7, 11) is 0. The first-order valence-corrected chi connectivity index (χ1v) is 7.49. The van der Waals surface area contributed by atoms with E-state index in [1.807, 2.05) is 47.0 Å². The summed E-state index contributed by atoms with van der Waals surface area (Å²) >= 11 is 0. The first-order chi connectivity index (χ1) is 11.9. The minimum absolute atomic E-state index is 0.238. The van der Waals surface area contributed by atoms with Gasteiger partial charge in [0, 0.05) is 5.56 Å². The molecule has 5 rings (SSSR count). The monoisotopic (exact) mass is 320 g/mol. The molecule has 118 valence electrons. The highest BCUT2D eigenvalue weighted by Crippen LogP contribution is 2.35. The van der Waals surface area contributed by atoms with Crippen LogP contribution in [0.15, 0.2) is 53.3 Å². The third-order valence-electron chi connectivity index (χ3n) is 3.93. The first kappa shape index (κ1) is 13.1.